The van der Waals surface area contributed by atoms with Gasteiger partial charge in [-0.05, 0) is 24.1 Å². The number of allylic oxidation sites excluding steroid dienone is 1. The molecule has 1 aromatic heterocycles. The van der Waals surface area contributed by atoms with Crippen LogP contribution in [0.5, 0.6) is 5.75 Å². The van der Waals surface area contributed by atoms with Crippen LogP contribution < -0.4 is 15.4 Å². The number of amides is 1. The minimum absolute atomic E-state index is 0.102. The van der Waals surface area contributed by atoms with Gasteiger partial charge in [0.15, 0.2) is 11.6 Å². The second-order valence-electron chi connectivity index (χ2n) is 6.32. The molecule has 2 heterocycles. The van der Waals surface area contributed by atoms with Crippen LogP contribution >= 0.6 is 0 Å². The topological polar surface area (TPSA) is 83.5 Å². The fourth-order valence-corrected chi connectivity index (χ4v) is 2.65. The van der Waals surface area contributed by atoms with Crippen LogP contribution in [-0.2, 0) is 0 Å². The normalized spacial score (nSPS) is 16.7. The number of β-amino-alcohol motifs (C(OH)–C–C–N with tert-alkyl or cyclic N) is 1. The Kier molecular flexibility index (Phi) is 5.55. The van der Waals surface area contributed by atoms with Crippen molar-refractivity contribution in [1.29, 1.82) is 0 Å². The van der Waals surface area contributed by atoms with E-state index in [9.17, 15) is 23.1 Å². The lowest BCUT2D eigenvalue weighted by atomic mass is 10.0. The molecule has 1 atom stereocenters. The number of pyridine rings is 1. The molecular weight excluding hydrogens is 375 g/mol. The summed E-state index contributed by atoms with van der Waals surface area (Å²) in [4.78, 5) is 16.7. The number of aromatic nitrogens is 1. The van der Waals surface area contributed by atoms with E-state index in [2.05, 4.69) is 15.6 Å². The number of fused-ring (bicyclic) bond motifs is 1. The number of aryl methyl sites for hydroxylation is 1. The van der Waals surface area contributed by atoms with Crippen molar-refractivity contribution in [2.75, 3.05) is 23.8 Å². The van der Waals surface area contributed by atoms with E-state index in [4.69, 9.17) is 4.74 Å². The number of rotatable bonds is 3. The number of carbonyl (C=O) groups is 1. The average Bonchev–Trinajstić information content (AvgIpc) is 2.81. The number of halogens is 3. The standard InChI is InChI=1S/C19H18F3N3O3/c1-11-6-12(4-5-19(20,21)22)2-3-15(11)18(27)25-13-7-16-17(23-8-13)24-9-14(26)10-28-16/h2-8,14,26H,9-10H2,1H3,(H,23,24)(H,25,27)/b5-4+. The highest BCUT2D eigenvalue weighted by atomic mass is 19.4. The van der Waals surface area contributed by atoms with Gasteiger partial charge in [0, 0.05) is 24.3 Å². The van der Waals surface area contributed by atoms with E-state index < -0.39 is 18.2 Å². The summed E-state index contributed by atoms with van der Waals surface area (Å²) >= 11 is 0. The summed E-state index contributed by atoms with van der Waals surface area (Å²) in [6.07, 6.45) is -2.52. The monoisotopic (exact) mass is 393 g/mol. The van der Waals surface area contributed by atoms with Crippen molar-refractivity contribution < 1.29 is 27.8 Å². The molecule has 1 amide bonds. The maximum atomic E-state index is 12.5. The van der Waals surface area contributed by atoms with Crippen LogP contribution in [0.25, 0.3) is 6.08 Å². The number of hydrogen-bond acceptors (Lipinski definition) is 5. The van der Waals surface area contributed by atoms with E-state index in [1.807, 2.05) is 0 Å². The summed E-state index contributed by atoms with van der Waals surface area (Å²) in [5.41, 5.74) is 1.60. The predicted molar refractivity (Wildman–Crippen MR) is 98.4 cm³/mol. The van der Waals surface area contributed by atoms with Gasteiger partial charge in [0.2, 0.25) is 0 Å². The zero-order valence-electron chi connectivity index (χ0n) is 14.9. The largest absolute Gasteiger partial charge is 0.487 e. The summed E-state index contributed by atoms with van der Waals surface area (Å²) in [6.45, 7) is 2.05. The van der Waals surface area contributed by atoms with Gasteiger partial charge in [-0.15, -0.1) is 0 Å². The van der Waals surface area contributed by atoms with E-state index in [-0.39, 0.29) is 12.7 Å². The number of alkyl halides is 3. The van der Waals surface area contributed by atoms with Crippen LogP contribution in [0.2, 0.25) is 0 Å². The molecule has 1 unspecified atom stereocenters. The molecule has 1 aliphatic heterocycles. The highest BCUT2D eigenvalue weighted by Gasteiger charge is 2.22. The first-order valence-electron chi connectivity index (χ1n) is 8.44. The van der Waals surface area contributed by atoms with Crippen LogP contribution in [-0.4, -0.2) is 41.4 Å². The molecule has 3 rings (SSSR count). The highest BCUT2D eigenvalue weighted by molar-refractivity contribution is 6.05. The Balaban J connectivity index is 1.74. The SMILES string of the molecule is Cc1cc(/C=C/C(F)(F)F)ccc1C(=O)Nc1cnc2c(c1)OCC(O)CN2. The Bertz CT molecular complexity index is 913. The molecular formula is C19H18F3N3O3. The van der Waals surface area contributed by atoms with Gasteiger partial charge in [-0.25, -0.2) is 4.98 Å². The van der Waals surface area contributed by atoms with Crippen molar-refractivity contribution in [1.82, 2.24) is 4.98 Å². The highest BCUT2D eigenvalue weighted by Crippen LogP contribution is 2.28. The number of hydrogen-bond donors (Lipinski definition) is 3. The molecule has 0 aliphatic carbocycles. The Hall–Kier alpha value is -3.07. The van der Waals surface area contributed by atoms with E-state index in [1.165, 1.54) is 24.4 Å². The minimum atomic E-state index is -4.39. The third kappa shape index (κ3) is 5.01. The molecule has 0 saturated carbocycles. The van der Waals surface area contributed by atoms with Crippen LogP contribution in [0.15, 0.2) is 36.5 Å². The summed E-state index contributed by atoms with van der Waals surface area (Å²) in [7, 11) is 0. The van der Waals surface area contributed by atoms with Crippen molar-refractivity contribution in [3.05, 3.63) is 53.2 Å². The molecule has 3 N–H and O–H groups in total. The molecule has 28 heavy (non-hydrogen) atoms. The molecule has 1 aromatic carbocycles. The molecule has 0 spiro atoms. The number of nitrogens with zero attached hydrogens (tertiary/aromatic N) is 1. The molecule has 0 fully saturated rings. The molecule has 1 aliphatic rings. The van der Waals surface area contributed by atoms with E-state index >= 15 is 0 Å². The van der Waals surface area contributed by atoms with Gasteiger partial charge < -0.3 is 20.5 Å². The Morgan fingerprint density at radius 1 is 1.39 bits per heavy atom. The number of aliphatic hydroxyl groups excluding tert-OH is 1. The minimum Gasteiger partial charge on any atom is -0.487 e. The van der Waals surface area contributed by atoms with Gasteiger partial charge in [0.25, 0.3) is 5.91 Å². The second-order valence-corrected chi connectivity index (χ2v) is 6.32. The van der Waals surface area contributed by atoms with Crippen LogP contribution in [0.1, 0.15) is 21.5 Å². The van der Waals surface area contributed by atoms with Gasteiger partial charge in [-0.1, -0.05) is 18.2 Å². The zero-order chi connectivity index (χ0) is 20.3. The first kappa shape index (κ1) is 19.7. The summed E-state index contributed by atoms with van der Waals surface area (Å²) in [6, 6.07) is 5.99. The molecule has 148 valence electrons. The van der Waals surface area contributed by atoms with Crippen molar-refractivity contribution >= 4 is 23.5 Å². The number of aliphatic hydroxyl groups is 1. The predicted octanol–water partition coefficient (Wildman–Crippen LogP) is 3.38. The third-order valence-corrected chi connectivity index (χ3v) is 4.01. The fraction of sp³-hybridized carbons (Fsp3) is 0.263. The van der Waals surface area contributed by atoms with E-state index in [1.54, 1.807) is 13.0 Å². The van der Waals surface area contributed by atoms with E-state index in [0.29, 0.717) is 40.5 Å². The fourth-order valence-electron chi connectivity index (χ4n) is 2.65. The van der Waals surface area contributed by atoms with Gasteiger partial charge in [-0.2, -0.15) is 13.2 Å². The van der Waals surface area contributed by atoms with Gasteiger partial charge in [0.1, 0.15) is 12.7 Å². The van der Waals surface area contributed by atoms with Gasteiger partial charge >= 0.3 is 6.18 Å². The zero-order valence-corrected chi connectivity index (χ0v) is 14.9. The van der Waals surface area contributed by atoms with Gasteiger partial charge in [0.05, 0.1) is 11.9 Å². The number of carbonyl (C=O) groups excluding carboxylic acids is 1. The third-order valence-electron chi connectivity index (χ3n) is 4.01. The van der Waals surface area contributed by atoms with Gasteiger partial charge in [-0.3, -0.25) is 4.79 Å². The second kappa shape index (κ2) is 7.89. The Labute approximate surface area is 159 Å². The van der Waals surface area contributed by atoms with E-state index in [0.717, 1.165) is 6.08 Å². The Morgan fingerprint density at radius 2 is 2.18 bits per heavy atom. The van der Waals surface area contributed by atoms with Crippen molar-refractivity contribution in [2.24, 2.45) is 0 Å². The molecule has 0 saturated heterocycles. The van der Waals surface area contributed by atoms with Crippen molar-refractivity contribution in [3.63, 3.8) is 0 Å². The Morgan fingerprint density at radius 3 is 2.89 bits per heavy atom. The van der Waals surface area contributed by atoms with Crippen molar-refractivity contribution in [3.8, 4) is 5.75 Å². The smallest absolute Gasteiger partial charge is 0.409 e. The van der Waals surface area contributed by atoms with Crippen LogP contribution in [0.4, 0.5) is 24.7 Å². The lowest BCUT2D eigenvalue weighted by molar-refractivity contribution is -0.0790. The van der Waals surface area contributed by atoms with Crippen LogP contribution in [0.3, 0.4) is 0 Å². The lowest BCUT2D eigenvalue weighted by Gasteiger charge is -2.11. The van der Waals surface area contributed by atoms with Crippen molar-refractivity contribution in [2.45, 2.75) is 19.2 Å². The quantitative estimate of drug-likeness (QED) is 0.745. The average molecular weight is 393 g/mol. The first-order chi connectivity index (χ1) is 13.2. The molecule has 0 bridgehead atoms. The molecule has 6 nitrogen and oxygen atoms in total. The van der Waals surface area contributed by atoms with Crippen LogP contribution in [0, 0.1) is 6.92 Å². The summed E-state index contributed by atoms with van der Waals surface area (Å²) in [5.74, 6) is 0.442. The lowest BCUT2D eigenvalue weighted by Crippen LogP contribution is -2.23. The molecule has 2 aromatic rings. The number of benzene rings is 1. The summed E-state index contributed by atoms with van der Waals surface area (Å²) in [5, 5.41) is 15.2. The molecule has 0 radical (unpaired) electrons. The maximum Gasteiger partial charge on any atom is 0.409 e. The summed E-state index contributed by atoms with van der Waals surface area (Å²) < 4.78 is 42.3. The number of nitrogens with one attached hydrogen (secondary N) is 2. The maximum absolute atomic E-state index is 12.5. The molecule has 9 heteroatoms. The number of anilines is 2. The number of ether oxygens (including phenoxy) is 1. The first-order valence-corrected chi connectivity index (χ1v) is 8.44.